The standard InChI is InChI=1S/CF5IS/c2-1(3,4)8(5,6)7. The SMILES string of the molecule is FC(F)(F)S(F)(F)I. The molecule has 0 aliphatic heterocycles. The van der Waals surface area contributed by atoms with Gasteiger partial charge in [0.25, 0.3) is 0 Å². The Morgan fingerprint density at radius 2 is 1.25 bits per heavy atom. The number of hydrogen-bond donors (Lipinski definition) is 0. The molecule has 7 heteroatoms. The lowest BCUT2D eigenvalue weighted by atomic mass is 11.6. The Bertz CT molecular complexity index is 67.4. The van der Waals surface area contributed by atoms with Crippen molar-refractivity contribution in [3.63, 3.8) is 0 Å². The summed E-state index contributed by atoms with van der Waals surface area (Å²) in [5.74, 6) is 0. The van der Waals surface area contributed by atoms with Crippen molar-refractivity contribution in [1.82, 2.24) is 0 Å². The van der Waals surface area contributed by atoms with Crippen molar-refractivity contribution in [2.75, 3.05) is 0 Å². The molecule has 0 aromatic heterocycles. The number of rotatable bonds is 0. The molecule has 0 aliphatic carbocycles. The predicted octanol–water partition coefficient (Wildman–Crippen LogP) is 3.43. The van der Waals surface area contributed by atoms with Crippen molar-refractivity contribution in [1.29, 1.82) is 0 Å². The third-order valence-electron chi connectivity index (χ3n) is 0.262. The molecule has 0 radical (unpaired) electrons. The van der Waals surface area contributed by atoms with Gasteiger partial charge in [0.05, 0.1) is 21.2 Å². The van der Waals surface area contributed by atoms with Gasteiger partial charge in [0.15, 0.2) is 0 Å². The smallest absolute Gasteiger partial charge is 0.157 e. The highest BCUT2D eigenvalue weighted by atomic mass is 127. The van der Waals surface area contributed by atoms with Crippen LogP contribution in [0.3, 0.4) is 0 Å². The van der Waals surface area contributed by atoms with Gasteiger partial charge in [-0.2, -0.15) is 13.2 Å². The monoisotopic (exact) mass is 266 g/mol. The zero-order valence-electron chi connectivity index (χ0n) is 3.18. The molecule has 52 valence electrons. The quantitative estimate of drug-likeness (QED) is 0.465. The minimum Gasteiger partial charge on any atom is -0.157 e. The Morgan fingerprint density at radius 3 is 1.25 bits per heavy atom. The summed E-state index contributed by atoms with van der Waals surface area (Å²) >= 11 is 0.108. The van der Waals surface area contributed by atoms with Crippen LogP contribution in [0, 0.1) is 0 Å². The molecule has 0 spiro atoms. The average Bonchev–Trinajstić information content (AvgIpc) is 1.25. The summed E-state index contributed by atoms with van der Waals surface area (Å²) < 4.78 is 54.9. The third-order valence-corrected chi connectivity index (χ3v) is 2.29. The van der Waals surface area contributed by atoms with Crippen molar-refractivity contribution in [3.8, 4) is 0 Å². The van der Waals surface area contributed by atoms with Crippen LogP contribution in [0.4, 0.5) is 20.9 Å². The van der Waals surface area contributed by atoms with Crippen molar-refractivity contribution < 1.29 is 20.9 Å². The van der Waals surface area contributed by atoms with Crippen LogP contribution in [-0.2, 0) is 0 Å². The second-order valence-electron chi connectivity index (χ2n) is 0.852. The third kappa shape index (κ3) is 2.33. The van der Waals surface area contributed by atoms with Gasteiger partial charge in [-0.1, -0.05) is 0 Å². The largest absolute Gasteiger partial charge is 0.487 e. The van der Waals surface area contributed by atoms with E-state index in [1.165, 1.54) is 0 Å². The molecule has 0 fully saturated rings. The van der Waals surface area contributed by atoms with E-state index in [1.54, 1.807) is 0 Å². The fourth-order valence-corrected chi connectivity index (χ4v) is 0. The first-order valence-electron chi connectivity index (χ1n) is 1.23. The van der Waals surface area contributed by atoms with Gasteiger partial charge < -0.3 is 0 Å². The Balaban J connectivity index is 4.02. The van der Waals surface area contributed by atoms with E-state index in [1.807, 2.05) is 0 Å². The summed E-state index contributed by atoms with van der Waals surface area (Å²) in [5.41, 5.74) is -5.33. The lowest BCUT2D eigenvalue weighted by molar-refractivity contribution is -0.0429. The molecule has 0 bridgehead atoms. The summed E-state index contributed by atoms with van der Waals surface area (Å²) in [6.45, 7) is 0. The second-order valence-corrected chi connectivity index (χ2v) is 5.45. The van der Waals surface area contributed by atoms with Crippen LogP contribution in [0.2, 0.25) is 0 Å². The molecular weight excluding hydrogens is 266 g/mol. The molecule has 0 heterocycles. The van der Waals surface area contributed by atoms with Gasteiger partial charge >= 0.3 is 5.51 Å². The molecule has 8 heavy (non-hydrogen) atoms. The van der Waals surface area contributed by atoms with Crippen LogP contribution >= 0.6 is 29.2 Å². The molecule has 0 rings (SSSR count). The summed E-state index contributed by atoms with van der Waals surface area (Å²) in [7, 11) is -5.37. The Morgan fingerprint density at radius 1 is 1.12 bits per heavy atom. The first-order chi connectivity index (χ1) is 3.25. The predicted molar refractivity (Wildman–Crippen MR) is 29.9 cm³/mol. The number of halogens is 6. The molecular formula is CF5IS. The van der Waals surface area contributed by atoms with E-state index in [0.29, 0.717) is 0 Å². The highest BCUT2D eigenvalue weighted by molar-refractivity contribution is 14.2. The molecule has 0 amide bonds. The molecule has 0 aromatic rings. The van der Waals surface area contributed by atoms with Crippen molar-refractivity contribution in [2.24, 2.45) is 0 Å². The van der Waals surface area contributed by atoms with E-state index in [-0.39, 0.29) is 21.2 Å². The van der Waals surface area contributed by atoms with Crippen LogP contribution in [0.25, 0.3) is 0 Å². The summed E-state index contributed by atoms with van der Waals surface area (Å²) in [5, 5.41) is 0. The fraction of sp³-hybridized carbons (Fsp3) is 1.00. The van der Waals surface area contributed by atoms with Crippen LogP contribution in [0.15, 0.2) is 0 Å². The van der Waals surface area contributed by atoms with E-state index < -0.39 is 13.5 Å². The van der Waals surface area contributed by atoms with Gasteiger partial charge in [0.2, 0.25) is 7.97 Å². The van der Waals surface area contributed by atoms with E-state index in [4.69, 9.17) is 0 Å². The topological polar surface area (TPSA) is 0 Å². The van der Waals surface area contributed by atoms with Gasteiger partial charge in [0.1, 0.15) is 0 Å². The van der Waals surface area contributed by atoms with Crippen LogP contribution in [0.5, 0.6) is 0 Å². The summed E-state index contributed by atoms with van der Waals surface area (Å²) in [6.07, 6.45) is 0. The van der Waals surface area contributed by atoms with E-state index in [0.717, 1.165) is 0 Å². The Labute approximate surface area is 55.9 Å². The molecule has 0 atom stereocenters. The minimum absolute atomic E-state index is 0.108. The fourth-order valence-electron chi connectivity index (χ4n) is 0. The van der Waals surface area contributed by atoms with Gasteiger partial charge in [-0.25, -0.2) is 0 Å². The first kappa shape index (κ1) is 8.73. The molecule has 0 aliphatic rings. The molecule has 0 unspecified atom stereocenters. The highest BCUT2D eigenvalue weighted by Crippen LogP contribution is 2.71. The van der Waals surface area contributed by atoms with Gasteiger partial charge in [0, 0.05) is 0 Å². The van der Waals surface area contributed by atoms with Crippen LogP contribution < -0.4 is 0 Å². The lowest BCUT2D eigenvalue weighted by Gasteiger charge is -2.14. The molecule has 0 N–H and O–H groups in total. The van der Waals surface area contributed by atoms with E-state index in [9.17, 15) is 20.9 Å². The first-order valence-corrected chi connectivity index (χ1v) is 5.21. The minimum atomic E-state index is -5.37. The molecule has 0 saturated carbocycles. The van der Waals surface area contributed by atoms with Crippen molar-refractivity contribution in [2.45, 2.75) is 5.51 Å². The zero-order chi connectivity index (χ0) is 7.00. The van der Waals surface area contributed by atoms with Crippen molar-refractivity contribution in [3.05, 3.63) is 0 Å². The maximum atomic E-state index is 11.2. The zero-order valence-corrected chi connectivity index (χ0v) is 6.15. The van der Waals surface area contributed by atoms with Gasteiger partial charge in [-0.05, 0) is 0 Å². The Kier molecular flexibility index (Phi) is 2.36. The number of hydrogen-bond acceptors (Lipinski definition) is 0. The molecule has 0 saturated heterocycles. The lowest BCUT2D eigenvalue weighted by Crippen LogP contribution is -2.06. The normalized spacial score (nSPS) is 16.2. The summed E-state index contributed by atoms with van der Waals surface area (Å²) in [6, 6.07) is 0. The average molecular weight is 266 g/mol. The summed E-state index contributed by atoms with van der Waals surface area (Å²) in [4.78, 5) is 0. The second kappa shape index (κ2) is 2.16. The number of alkyl halides is 3. The highest BCUT2D eigenvalue weighted by Gasteiger charge is 2.51. The molecule has 0 aromatic carbocycles. The van der Waals surface area contributed by atoms with E-state index >= 15 is 0 Å². The Hall–Kier alpha value is 0.730. The van der Waals surface area contributed by atoms with E-state index in [2.05, 4.69) is 0 Å². The van der Waals surface area contributed by atoms with Gasteiger partial charge in [-0.15, -0.1) is 7.77 Å². The molecule has 0 nitrogen and oxygen atoms in total. The van der Waals surface area contributed by atoms with Crippen LogP contribution in [-0.4, -0.2) is 5.51 Å². The van der Waals surface area contributed by atoms with Gasteiger partial charge in [-0.3, -0.25) is 0 Å². The van der Waals surface area contributed by atoms with Crippen LogP contribution in [0.1, 0.15) is 0 Å². The maximum Gasteiger partial charge on any atom is 0.487 e. The van der Waals surface area contributed by atoms with Crippen molar-refractivity contribution >= 4 is 29.2 Å². The maximum absolute atomic E-state index is 11.2.